The lowest BCUT2D eigenvalue weighted by Gasteiger charge is -2.34. The van der Waals surface area contributed by atoms with E-state index in [0.717, 1.165) is 110 Å². The highest BCUT2D eigenvalue weighted by Crippen LogP contribution is 2.48. The summed E-state index contributed by atoms with van der Waals surface area (Å²) in [5.41, 5.74) is 17.8. The molecule has 0 fully saturated rings. The SMILES string of the molecule is C1=CCCC(N(c2ccccc2)c2ccc(N(C3=C(c4ccccc4)c4c(oc5ccc(N(c6ccccc6)c6ccc(N(c7ccccc7)c7ccccc7)cc6)cc45)CC3)c3ccccc3)cc2)=C1. The van der Waals surface area contributed by atoms with Gasteiger partial charge in [0.15, 0.2) is 0 Å². The Balaban J connectivity index is 0.990. The van der Waals surface area contributed by atoms with E-state index in [9.17, 15) is 0 Å². The van der Waals surface area contributed by atoms with Crippen molar-refractivity contribution >= 4 is 73.4 Å². The van der Waals surface area contributed by atoms with Crippen LogP contribution in [0, 0.1) is 0 Å². The lowest BCUT2D eigenvalue weighted by Crippen LogP contribution is -2.22. The molecule has 5 heteroatoms. The zero-order valence-corrected chi connectivity index (χ0v) is 39.4. The molecule has 0 unspecified atom stereocenters. The maximum absolute atomic E-state index is 6.90. The molecule has 2 aliphatic carbocycles. The summed E-state index contributed by atoms with van der Waals surface area (Å²) in [7, 11) is 0. The second-order valence-corrected chi connectivity index (χ2v) is 17.9. The smallest absolute Gasteiger partial charge is 0.135 e. The molecule has 12 rings (SSSR count). The van der Waals surface area contributed by atoms with Crippen LogP contribution in [0.1, 0.15) is 36.1 Å². The van der Waals surface area contributed by atoms with Crippen LogP contribution < -0.4 is 19.6 Å². The number of hydrogen-bond donors (Lipinski definition) is 0. The van der Waals surface area contributed by atoms with Gasteiger partial charge in [-0.1, -0.05) is 133 Å². The summed E-state index contributed by atoms with van der Waals surface area (Å²) in [6.45, 7) is 0. The van der Waals surface area contributed by atoms with Crippen molar-refractivity contribution in [2.24, 2.45) is 0 Å². The lowest BCUT2D eigenvalue weighted by molar-refractivity contribution is 0.541. The quantitative estimate of drug-likeness (QED) is 0.115. The van der Waals surface area contributed by atoms with Gasteiger partial charge in [0.05, 0.1) is 0 Å². The Morgan fingerprint density at radius 3 is 1.21 bits per heavy atom. The molecule has 0 saturated carbocycles. The first-order chi connectivity index (χ1) is 35.2. The van der Waals surface area contributed by atoms with Crippen molar-refractivity contribution < 1.29 is 4.42 Å². The largest absolute Gasteiger partial charge is 0.460 e. The molecule has 71 heavy (non-hydrogen) atoms. The van der Waals surface area contributed by atoms with Crippen molar-refractivity contribution in [3.05, 3.63) is 295 Å². The van der Waals surface area contributed by atoms with Gasteiger partial charge in [0.2, 0.25) is 0 Å². The number of allylic oxidation sites excluding steroid dienone is 5. The fourth-order valence-corrected chi connectivity index (χ4v) is 10.4. The summed E-state index contributed by atoms with van der Waals surface area (Å²) in [5.74, 6) is 1.01. The molecule has 0 saturated heterocycles. The summed E-state index contributed by atoms with van der Waals surface area (Å²) in [6.07, 6.45) is 10.2. The Hall–Kier alpha value is -9.06. The van der Waals surface area contributed by atoms with Gasteiger partial charge in [0.25, 0.3) is 0 Å². The molecule has 0 radical (unpaired) electrons. The first kappa shape index (κ1) is 43.2. The summed E-state index contributed by atoms with van der Waals surface area (Å²) >= 11 is 0. The third kappa shape index (κ3) is 8.60. The topological polar surface area (TPSA) is 26.1 Å². The minimum absolute atomic E-state index is 0.763. The molecule has 9 aromatic carbocycles. The molecule has 0 amide bonds. The number of rotatable bonds is 13. The van der Waals surface area contributed by atoms with Crippen LogP contribution in [0.4, 0.5) is 56.9 Å². The van der Waals surface area contributed by atoms with E-state index in [1.807, 2.05) is 0 Å². The molecular formula is C66H52N4O. The van der Waals surface area contributed by atoms with Crippen LogP contribution in [-0.4, -0.2) is 0 Å². The Bertz CT molecular complexity index is 3460. The average Bonchev–Trinajstić information content (AvgIpc) is 3.82. The molecular weight excluding hydrogens is 865 g/mol. The third-order valence-corrected chi connectivity index (χ3v) is 13.5. The van der Waals surface area contributed by atoms with Crippen molar-refractivity contribution in [3.8, 4) is 0 Å². The van der Waals surface area contributed by atoms with E-state index in [1.165, 1.54) is 17.0 Å². The van der Waals surface area contributed by atoms with Gasteiger partial charge >= 0.3 is 0 Å². The highest BCUT2D eigenvalue weighted by atomic mass is 16.3. The standard InChI is InChI=1S/C66H52N4O/c1-8-22-49(23-9-1)65-62(70(55-34-20-7-21-35-55)59-42-40-57(41-43-59)68(52-28-14-4-15-29-52)53-30-16-5-17-31-53)45-47-64-66(65)61-48-60(44-46-63(61)71-64)69(54-32-18-6-19-33-54)58-38-36-56(37-39-58)67(50-24-10-2-11-25-50)51-26-12-3-13-27-51/h1-16,18-30,32-44,46,48H,17,31,45,47H2. The Morgan fingerprint density at radius 2 is 0.732 bits per heavy atom. The van der Waals surface area contributed by atoms with E-state index in [4.69, 9.17) is 4.42 Å². The summed E-state index contributed by atoms with van der Waals surface area (Å²) in [6, 6.07) is 88.9. The predicted octanol–water partition coefficient (Wildman–Crippen LogP) is 18.3. The zero-order valence-electron chi connectivity index (χ0n) is 39.4. The Morgan fingerprint density at radius 1 is 0.338 bits per heavy atom. The van der Waals surface area contributed by atoms with E-state index < -0.39 is 0 Å². The Labute approximate surface area is 416 Å². The van der Waals surface area contributed by atoms with Gasteiger partial charge in [-0.15, -0.1) is 0 Å². The van der Waals surface area contributed by atoms with E-state index in [0.29, 0.717) is 0 Å². The molecule has 342 valence electrons. The normalized spacial score (nSPS) is 13.1. The maximum atomic E-state index is 6.90. The predicted molar refractivity (Wildman–Crippen MR) is 296 cm³/mol. The number of aryl methyl sites for hydroxylation is 1. The second kappa shape index (κ2) is 19.5. The van der Waals surface area contributed by atoms with Gasteiger partial charge in [-0.25, -0.2) is 0 Å². The van der Waals surface area contributed by atoms with Crippen molar-refractivity contribution in [2.75, 3.05) is 19.6 Å². The maximum Gasteiger partial charge on any atom is 0.135 e. The van der Waals surface area contributed by atoms with E-state index in [-0.39, 0.29) is 0 Å². The van der Waals surface area contributed by atoms with Crippen molar-refractivity contribution in [1.82, 2.24) is 0 Å². The number of furan rings is 1. The number of benzene rings is 9. The third-order valence-electron chi connectivity index (χ3n) is 13.5. The minimum Gasteiger partial charge on any atom is -0.460 e. The Kier molecular flexibility index (Phi) is 11.9. The molecule has 10 aromatic rings. The molecule has 0 atom stereocenters. The van der Waals surface area contributed by atoms with Crippen molar-refractivity contribution in [2.45, 2.75) is 25.7 Å². The van der Waals surface area contributed by atoms with Crippen LogP contribution in [0.25, 0.3) is 16.5 Å². The number of fused-ring (bicyclic) bond motifs is 3. The van der Waals surface area contributed by atoms with Gasteiger partial charge < -0.3 is 24.0 Å². The van der Waals surface area contributed by atoms with Crippen LogP contribution in [0.3, 0.4) is 0 Å². The fourth-order valence-electron chi connectivity index (χ4n) is 10.4. The van der Waals surface area contributed by atoms with E-state index >= 15 is 0 Å². The highest BCUT2D eigenvalue weighted by molar-refractivity contribution is 6.02. The minimum atomic E-state index is 0.763. The van der Waals surface area contributed by atoms with E-state index in [1.54, 1.807) is 0 Å². The summed E-state index contributed by atoms with van der Waals surface area (Å²) in [4.78, 5) is 9.52. The van der Waals surface area contributed by atoms with Gasteiger partial charge in [-0.2, -0.15) is 0 Å². The fraction of sp³-hybridized carbons (Fsp3) is 0.0606. The molecule has 0 aliphatic heterocycles. The van der Waals surface area contributed by atoms with Crippen LogP contribution in [0.5, 0.6) is 0 Å². The van der Waals surface area contributed by atoms with E-state index in [2.05, 4.69) is 287 Å². The van der Waals surface area contributed by atoms with Crippen molar-refractivity contribution in [1.29, 1.82) is 0 Å². The van der Waals surface area contributed by atoms with Gasteiger partial charge in [0.1, 0.15) is 11.3 Å². The average molecular weight is 917 g/mol. The second-order valence-electron chi connectivity index (χ2n) is 17.9. The van der Waals surface area contributed by atoms with Gasteiger partial charge in [0, 0.05) is 91.2 Å². The first-order valence-corrected chi connectivity index (χ1v) is 24.6. The number of para-hydroxylation sites is 5. The molecule has 1 heterocycles. The first-order valence-electron chi connectivity index (χ1n) is 24.6. The van der Waals surface area contributed by atoms with Crippen LogP contribution in [0.15, 0.2) is 283 Å². The molecule has 0 N–H and O–H groups in total. The highest BCUT2D eigenvalue weighted by Gasteiger charge is 2.31. The molecule has 1 aromatic heterocycles. The van der Waals surface area contributed by atoms with Crippen LogP contribution in [-0.2, 0) is 6.42 Å². The van der Waals surface area contributed by atoms with Gasteiger partial charge in [-0.05, 0) is 158 Å². The summed E-state index contributed by atoms with van der Waals surface area (Å²) < 4.78 is 6.90. The number of nitrogens with zero attached hydrogens (tertiary/aromatic N) is 4. The van der Waals surface area contributed by atoms with Crippen molar-refractivity contribution in [3.63, 3.8) is 0 Å². The monoisotopic (exact) mass is 916 g/mol. The molecule has 5 nitrogen and oxygen atoms in total. The van der Waals surface area contributed by atoms with Crippen LogP contribution >= 0.6 is 0 Å². The summed E-state index contributed by atoms with van der Waals surface area (Å²) in [5, 5.41) is 1.09. The zero-order chi connectivity index (χ0) is 47.3. The number of anilines is 10. The molecule has 2 aliphatic rings. The number of hydrogen-bond acceptors (Lipinski definition) is 5. The lowest BCUT2D eigenvalue weighted by atomic mass is 9.86. The molecule has 0 bridgehead atoms. The molecule has 0 spiro atoms. The van der Waals surface area contributed by atoms with Gasteiger partial charge in [-0.3, -0.25) is 0 Å². The van der Waals surface area contributed by atoms with Crippen LogP contribution in [0.2, 0.25) is 0 Å².